The Morgan fingerprint density at radius 1 is 1.42 bits per heavy atom. The van der Waals surface area contributed by atoms with Crippen molar-refractivity contribution in [1.29, 1.82) is 0 Å². The van der Waals surface area contributed by atoms with Crippen LogP contribution in [-0.4, -0.2) is 30.1 Å². The van der Waals surface area contributed by atoms with E-state index >= 15 is 0 Å². The Bertz CT molecular complexity index is 465. The van der Waals surface area contributed by atoms with Crippen LogP contribution in [0.5, 0.6) is 5.75 Å². The lowest BCUT2D eigenvalue weighted by atomic mass is 9.87. The third-order valence-electron chi connectivity index (χ3n) is 3.39. The molecule has 0 aromatic heterocycles. The number of carbonyl (C=O) groups excluding carboxylic acids is 1. The maximum Gasteiger partial charge on any atom is 0.415 e. The average Bonchev–Trinajstić information content (AvgIpc) is 2.75. The summed E-state index contributed by atoms with van der Waals surface area (Å²) in [6.07, 6.45) is 0.538. The summed E-state index contributed by atoms with van der Waals surface area (Å²) in [6.45, 7) is 7.66. The van der Waals surface area contributed by atoms with E-state index in [0.717, 1.165) is 12.0 Å². The maximum absolute atomic E-state index is 12.0. The molecule has 2 N–H and O–H groups in total. The first-order valence-electron chi connectivity index (χ1n) is 6.69. The first-order valence-corrected chi connectivity index (χ1v) is 6.69. The lowest BCUT2D eigenvalue weighted by molar-refractivity contribution is 0.162. The van der Waals surface area contributed by atoms with Gasteiger partial charge in [0.2, 0.25) is 0 Å². The molecular formula is C15H22N2O2. The van der Waals surface area contributed by atoms with Gasteiger partial charge in [-0.05, 0) is 29.5 Å². The van der Waals surface area contributed by atoms with E-state index in [1.807, 2.05) is 24.3 Å². The molecule has 1 aliphatic heterocycles. The molecule has 104 valence electrons. The smallest absolute Gasteiger partial charge is 0.410 e. The topological polar surface area (TPSA) is 55.6 Å². The zero-order chi connectivity index (χ0) is 14.0. The molecule has 1 fully saturated rings. The number of rotatable bonds is 1. The number of ether oxygens (including phenoxy) is 1. The molecule has 1 atom stereocenters. The van der Waals surface area contributed by atoms with Gasteiger partial charge in [-0.15, -0.1) is 0 Å². The summed E-state index contributed by atoms with van der Waals surface area (Å²) < 4.78 is 5.41. The van der Waals surface area contributed by atoms with Crippen LogP contribution in [0.1, 0.15) is 32.8 Å². The second-order valence-electron chi connectivity index (χ2n) is 6.14. The van der Waals surface area contributed by atoms with E-state index in [1.165, 1.54) is 0 Å². The van der Waals surface area contributed by atoms with Crippen LogP contribution in [0, 0.1) is 0 Å². The Morgan fingerprint density at radius 3 is 2.74 bits per heavy atom. The van der Waals surface area contributed by atoms with Crippen molar-refractivity contribution in [2.75, 3.05) is 13.1 Å². The fraction of sp³-hybridized carbons (Fsp3) is 0.533. The monoisotopic (exact) mass is 262 g/mol. The summed E-state index contributed by atoms with van der Waals surface area (Å²) in [7, 11) is 0. The first-order chi connectivity index (χ1) is 8.86. The van der Waals surface area contributed by atoms with Gasteiger partial charge in [0.15, 0.2) is 0 Å². The van der Waals surface area contributed by atoms with Crippen LogP contribution in [0.25, 0.3) is 0 Å². The maximum atomic E-state index is 12.0. The lowest BCUT2D eigenvalue weighted by Crippen LogP contribution is -2.34. The zero-order valence-corrected chi connectivity index (χ0v) is 11.8. The number of carbonyl (C=O) groups is 1. The standard InChI is InChI=1S/C15H22N2O2/c1-15(2,3)11-5-4-6-13(9-11)19-14(18)17-8-7-12(16)10-17/h4-6,9,12H,7-8,10,16H2,1-3H3. The molecule has 2 rings (SSSR count). The van der Waals surface area contributed by atoms with E-state index in [0.29, 0.717) is 18.8 Å². The number of hydrogen-bond donors (Lipinski definition) is 1. The number of hydrogen-bond acceptors (Lipinski definition) is 3. The summed E-state index contributed by atoms with van der Waals surface area (Å²) >= 11 is 0. The Balaban J connectivity index is 2.05. The van der Waals surface area contributed by atoms with Crippen molar-refractivity contribution in [2.45, 2.75) is 38.6 Å². The Kier molecular flexibility index (Phi) is 3.80. The molecule has 0 radical (unpaired) electrons. The van der Waals surface area contributed by atoms with Crippen LogP contribution in [0.4, 0.5) is 4.79 Å². The van der Waals surface area contributed by atoms with E-state index < -0.39 is 0 Å². The number of likely N-dealkylation sites (tertiary alicyclic amines) is 1. The molecule has 0 spiro atoms. The van der Waals surface area contributed by atoms with Crippen LogP contribution >= 0.6 is 0 Å². The van der Waals surface area contributed by atoms with Gasteiger partial charge in [-0.3, -0.25) is 0 Å². The predicted molar refractivity (Wildman–Crippen MR) is 75.3 cm³/mol. The van der Waals surface area contributed by atoms with Crippen LogP contribution in [0.2, 0.25) is 0 Å². The summed E-state index contributed by atoms with van der Waals surface area (Å²) in [5, 5.41) is 0. The van der Waals surface area contributed by atoms with Gasteiger partial charge in [0.05, 0.1) is 0 Å². The second-order valence-corrected chi connectivity index (χ2v) is 6.14. The van der Waals surface area contributed by atoms with E-state index in [1.54, 1.807) is 4.90 Å². The molecule has 0 aliphatic carbocycles. The minimum Gasteiger partial charge on any atom is -0.410 e. The predicted octanol–water partition coefficient (Wildman–Crippen LogP) is 2.52. The molecule has 0 bridgehead atoms. The Morgan fingerprint density at radius 2 is 2.16 bits per heavy atom. The highest BCUT2D eigenvalue weighted by atomic mass is 16.6. The van der Waals surface area contributed by atoms with Crippen LogP contribution < -0.4 is 10.5 Å². The molecule has 1 heterocycles. The van der Waals surface area contributed by atoms with Gasteiger partial charge >= 0.3 is 6.09 Å². The zero-order valence-electron chi connectivity index (χ0n) is 11.8. The van der Waals surface area contributed by atoms with Crippen molar-refractivity contribution < 1.29 is 9.53 Å². The van der Waals surface area contributed by atoms with Gasteiger partial charge < -0.3 is 15.4 Å². The highest BCUT2D eigenvalue weighted by Crippen LogP contribution is 2.26. The third kappa shape index (κ3) is 3.47. The van der Waals surface area contributed by atoms with Crippen LogP contribution in [-0.2, 0) is 5.41 Å². The normalized spacial score (nSPS) is 19.6. The van der Waals surface area contributed by atoms with Gasteiger partial charge in [0.25, 0.3) is 0 Å². The summed E-state index contributed by atoms with van der Waals surface area (Å²) in [5.41, 5.74) is 6.98. The van der Waals surface area contributed by atoms with Crippen molar-refractivity contribution in [2.24, 2.45) is 5.73 Å². The SMILES string of the molecule is CC(C)(C)c1cccc(OC(=O)N2CCC(N)C2)c1. The molecular weight excluding hydrogens is 240 g/mol. The molecule has 0 saturated carbocycles. The van der Waals surface area contributed by atoms with Gasteiger partial charge in [-0.2, -0.15) is 0 Å². The van der Waals surface area contributed by atoms with E-state index in [2.05, 4.69) is 20.8 Å². The number of amides is 1. The van der Waals surface area contributed by atoms with Gasteiger partial charge in [-0.1, -0.05) is 32.9 Å². The number of nitrogens with zero attached hydrogens (tertiary/aromatic N) is 1. The van der Waals surface area contributed by atoms with Crippen LogP contribution in [0.3, 0.4) is 0 Å². The Labute approximate surface area is 114 Å². The number of nitrogens with two attached hydrogens (primary N) is 1. The molecule has 1 aromatic rings. The van der Waals surface area contributed by atoms with Crippen molar-refractivity contribution in [3.05, 3.63) is 29.8 Å². The van der Waals surface area contributed by atoms with E-state index in [-0.39, 0.29) is 17.6 Å². The average molecular weight is 262 g/mol. The lowest BCUT2D eigenvalue weighted by Gasteiger charge is -2.20. The minimum absolute atomic E-state index is 0.0401. The summed E-state index contributed by atoms with van der Waals surface area (Å²) in [4.78, 5) is 13.6. The van der Waals surface area contributed by atoms with Crippen molar-refractivity contribution in [3.63, 3.8) is 0 Å². The van der Waals surface area contributed by atoms with Gasteiger partial charge in [-0.25, -0.2) is 4.79 Å². The Hall–Kier alpha value is -1.55. The molecule has 1 amide bonds. The summed E-state index contributed by atoms with van der Waals surface area (Å²) in [5.74, 6) is 0.595. The van der Waals surface area contributed by atoms with Crippen molar-refractivity contribution in [3.8, 4) is 5.75 Å². The molecule has 1 aliphatic rings. The fourth-order valence-corrected chi connectivity index (χ4v) is 2.14. The minimum atomic E-state index is -0.306. The number of benzene rings is 1. The van der Waals surface area contributed by atoms with Crippen molar-refractivity contribution >= 4 is 6.09 Å². The molecule has 1 aromatic carbocycles. The first kappa shape index (κ1) is 13.9. The molecule has 4 heteroatoms. The third-order valence-corrected chi connectivity index (χ3v) is 3.39. The van der Waals surface area contributed by atoms with E-state index in [4.69, 9.17) is 10.5 Å². The van der Waals surface area contributed by atoms with E-state index in [9.17, 15) is 4.79 Å². The second kappa shape index (κ2) is 5.21. The molecule has 4 nitrogen and oxygen atoms in total. The van der Waals surface area contributed by atoms with Gasteiger partial charge in [0, 0.05) is 19.1 Å². The molecule has 19 heavy (non-hydrogen) atoms. The van der Waals surface area contributed by atoms with Gasteiger partial charge in [0.1, 0.15) is 5.75 Å². The van der Waals surface area contributed by atoms with Crippen molar-refractivity contribution in [1.82, 2.24) is 4.90 Å². The van der Waals surface area contributed by atoms with Crippen LogP contribution in [0.15, 0.2) is 24.3 Å². The largest absolute Gasteiger partial charge is 0.415 e. The quantitative estimate of drug-likeness (QED) is 0.846. The summed E-state index contributed by atoms with van der Waals surface area (Å²) in [6, 6.07) is 7.77. The highest BCUT2D eigenvalue weighted by molar-refractivity contribution is 5.71. The fourth-order valence-electron chi connectivity index (χ4n) is 2.14. The molecule has 1 unspecified atom stereocenters. The molecule has 1 saturated heterocycles. The highest BCUT2D eigenvalue weighted by Gasteiger charge is 2.25.